The molecule has 0 saturated carbocycles. The average molecular weight is 253 g/mol. The van der Waals surface area contributed by atoms with E-state index in [0.717, 1.165) is 0 Å². The van der Waals surface area contributed by atoms with Crippen molar-refractivity contribution in [1.82, 2.24) is 9.55 Å². The highest BCUT2D eigenvalue weighted by atomic mass is 35.5. The van der Waals surface area contributed by atoms with Gasteiger partial charge in [0.1, 0.15) is 11.5 Å². The molecule has 0 aliphatic heterocycles. The van der Waals surface area contributed by atoms with Crippen LogP contribution < -0.4 is 0 Å². The van der Waals surface area contributed by atoms with E-state index in [2.05, 4.69) is 4.98 Å². The molecular formula is C12H10ClFN2O. The Hall–Kier alpha value is -1.68. The third kappa shape index (κ3) is 2.53. The fourth-order valence-corrected chi connectivity index (χ4v) is 1.74. The van der Waals surface area contributed by atoms with Crippen LogP contribution in [-0.2, 0) is 13.5 Å². The molecule has 0 atom stereocenters. The Bertz CT molecular complexity index is 545. The third-order valence-electron chi connectivity index (χ3n) is 2.39. The Morgan fingerprint density at radius 2 is 2.29 bits per heavy atom. The number of rotatable bonds is 3. The summed E-state index contributed by atoms with van der Waals surface area (Å²) in [5, 5.41) is 0.259. The minimum atomic E-state index is -0.471. The van der Waals surface area contributed by atoms with Crippen LogP contribution in [-0.4, -0.2) is 15.3 Å². The highest BCUT2D eigenvalue weighted by molar-refractivity contribution is 6.31. The highest BCUT2D eigenvalue weighted by Gasteiger charge is 2.15. The van der Waals surface area contributed by atoms with Crippen molar-refractivity contribution in [2.75, 3.05) is 0 Å². The van der Waals surface area contributed by atoms with E-state index in [-0.39, 0.29) is 22.8 Å². The van der Waals surface area contributed by atoms with Crippen LogP contribution >= 0.6 is 11.6 Å². The van der Waals surface area contributed by atoms with E-state index >= 15 is 0 Å². The van der Waals surface area contributed by atoms with Gasteiger partial charge in [0.25, 0.3) is 0 Å². The minimum absolute atomic E-state index is 0.0808. The zero-order valence-corrected chi connectivity index (χ0v) is 9.91. The first-order valence-electron chi connectivity index (χ1n) is 5.02. The number of hydrogen-bond donors (Lipinski definition) is 0. The van der Waals surface area contributed by atoms with E-state index in [4.69, 9.17) is 11.6 Å². The Morgan fingerprint density at radius 3 is 2.88 bits per heavy atom. The van der Waals surface area contributed by atoms with Crippen LogP contribution in [0.15, 0.2) is 30.7 Å². The molecule has 0 N–H and O–H groups in total. The van der Waals surface area contributed by atoms with Crippen molar-refractivity contribution >= 4 is 17.4 Å². The molecule has 2 aromatic rings. The van der Waals surface area contributed by atoms with Crippen LogP contribution in [0.5, 0.6) is 0 Å². The predicted octanol–water partition coefficient (Wildman–Crippen LogP) is 2.64. The normalized spacial score (nSPS) is 10.5. The number of benzene rings is 1. The highest BCUT2D eigenvalue weighted by Crippen LogP contribution is 2.20. The van der Waals surface area contributed by atoms with Crippen molar-refractivity contribution < 1.29 is 9.18 Å². The lowest BCUT2D eigenvalue weighted by molar-refractivity contribution is 0.0987. The third-order valence-corrected chi connectivity index (χ3v) is 2.74. The van der Waals surface area contributed by atoms with Crippen molar-refractivity contribution in [3.63, 3.8) is 0 Å². The quantitative estimate of drug-likeness (QED) is 0.787. The summed E-state index contributed by atoms with van der Waals surface area (Å²) in [6, 6.07) is 4.35. The van der Waals surface area contributed by atoms with Crippen molar-refractivity contribution in [1.29, 1.82) is 0 Å². The summed E-state index contributed by atoms with van der Waals surface area (Å²) in [5.74, 6) is -0.723. The van der Waals surface area contributed by atoms with Crippen molar-refractivity contribution in [3.8, 4) is 0 Å². The first-order valence-corrected chi connectivity index (χ1v) is 5.40. The van der Waals surface area contributed by atoms with Gasteiger partial charge in [-0.05, 0) is 12.1 Å². The lowest BCUT2D eigenvalue weighted by atomic mass is 10.1. The smallest absolute Gasteiger partial charge is 0.187 e. The van der Waals surface area contributed by atoms with Gasteiger partial charge in [-0.15, -0.1) is 0 Å². The molecule has 0 radical (unpaired) electrons. The van der Waals surface area contributed by atoms with Crippen LogP contribution in [0.3, 0.4) is 0 Å². The maximum Gasteiger partial charge on any atom is 0.187 e. The first kappa shape index (κ1) is 11.8. The van der Waals surface area contributed by atoms with Crippen LogP contribution in [0.25, 0.3) is 0 Å². The summed E-state index contributed by atoms with van der Waals surface area (Å²) in [6.07, 6.45) is 3.04. The fraction of sp³-hybridized carbons (Fsp3) is 0.167. The molecular weight excluding hydrogens is 243 g/mol. The van der Waals surface area contributed by atoms with E-state index in [1.807, 2.05) is 0 Å². The van der Waals surface area contributed by atoms with Crippen LogP contribution in [0.4, 0.5) is 4.39 Å². The number of carbonyl (C=O) groups excluding carboxylic acids is 1. The Balaban J connectivity index is 2.24. The molecule has 0 fully saturated rings. The number of imidazole rings is 1. The van der Waals surface area contributed by atoms with Gasteiger partial charge in [0.2, 0.25) is 0 Å². The number of hydrogen-bond acceptors (Lipinski definition) is 2. The van der Waals surface area contributed by atoms with Gasteiger partial charge in [-0.25, -0.2) is 9.37 Å². The van der Waals surface area contributed by atoms with Gasteiger partial charge in [0.05, 0.1) is 6.33 Å². The maximum absolute atomic E-state index is 13.5. The second-order valence-electron chi connectivity index (χ2n) is 3.72. The van der Waals surface area contributed by atoms with Crippen LogP contribution in [0, 0.1) is 5.82 Å². The number of aryl methyl sites for hydroxylation is 1. The molecule has 0 bridgehead atoms. The lowest BCUT2D eigenvalue weighted by Gasteiger charge is -2.03. The van der Waals surface area contributed by atoms with Gasteiger partial charge in [-0.3, -0.25) is 4.79 Å². The molecule has 0 unspecified atom stereocenters. The zero-order chi connectivity index (χ0) is 12.4. The SMILES string of the molecule is Cn1cnc(C(=O)Cc2c(F)cccc2Cl)c1. The topological polar surface area (TPSA) is 34.9 Å². The van der Waals surface area contributed by atoms with E-state index in [0.29, 0.717) is 5.69 Å². The molecule has 1 aromatic heterocycles. The van der Waals surface area contributed by atoms with Gasteiger partial charge >= 0.3 is 0 Å². The Morgan fingerprint density at radius 1 is 1.53 bits per heavy atom. The molecule has 1 heterocycles. The van der Waals surface area contributed by atoms with Crippen molar-refractivity contribution in [2.45, 2.75) is 6.42 Å². The van der Waals surface area contributed by atoms with E-state index < -0.39 is 5.82 Å². The summed E-state index contributed by atoms with van der Waals surface area (Å²) in [5.41, 5.74) is 0.525. The molecule has 0 spiro atoms. The molecule has 0 aliphatic rings. The Labute approximate surface area is 103 Å². The second-order valence-corrected chi connectivity index (χ2v) is 4.13. The van der Waals surface area contributed by atoms with Gasteiger partial charge in [0.15, 0.2) is 5.78 Å². The molecule has 1 aromatic carbocycles. The molecule has 0 amide bonds. The lowest BCUT2D eigenvalue weighted by Crippen LogP contribution is -2.06. The molecule has 0 saturated heterocycles. The summed E-state index contributed by atoms with van der Waals surface area (Å²) in [7, 11) is 1.76. The van der Waals surface area contributed by atoms with Crippen LogP contribution in [0.1, 0.15) is 16.1 Å². The molecule has 88 valence electrons. The summed E-state index contributed by atoms with van der Waals surface area (Å²) >= 11 is 5.85. The summed E-state index contributed by atoms with van der Waals surface area (Å²) in [6.45, 7) is 0. The first-order chi connectivity index (χ1) is 8.08. The largest absolute Gasteiger partial charge is 0.340 e. The molecule has 5 heteroatoms. The summed E-state index contributed by atoms with van der Waals surface area (Å²) < 4.78 is 15.1. The standard InChI is InChI=1S/C12H10ClFN2O/c1-16-6-11(15-7-16)12(17)5-8-9(13)3-2-4-10(8)14/h2-4,6-7H,5H2,1H3. The molecule has 2 rings (SSSR count). The van der Waals surface area contributed by atoms with Gasteiger partial charge in [-0.1, -0.05) is 17.7 Å². The van der Waals surface area contributed by atoms with Gasteiger partial charge in [0, 0.05) is 30.3 Å². The fourth-order valence-electron chi connectivity index (χ4n) is 1.51. The van der Waals surface area contributed by atoms with Crippen molar-refractivity contribution in [3.05, 3.63) is 52.8 Å². The van der Waals surface area contributed by atoms with Gasteiger partial charge in [-0.2, -0.15) is 0 Å². The number of carbonyl (C=O) groups is 1. The zero-order valence-electron chi connectivity index (χ0n) is 9.15. The number of ketones is 1. The second kappa shape index (κ2) is 4.67. The molecule has 3 nitrogen and oxygen atoms in total. The van der Waals surface area contributed by atoms with Gasteiger partial charge < -0.3 is 4.57 Å². The van der Waals surface area contributed by atoms with E-state index in [9.17, 15) is 9.18 Å². The van der Waals surface area contributed by atoms with Crippen molar-refractivity contribution in [2.24, 2.45) is 7.05 Å². The van der Waals surface area contributed by atoms with Crippen LogP contribution in [0.2, 0.25) is 5.02 Å². The monoisotopic (exact) mass is 252 g/mol. The number of halogens is 2. The molecule has 0 aliphatic carbocycles. The average Bonchev–Trinajstić information content (AvgIpc) is 2.70. The Kier molecular flexibility index (Phi) is 3.24. The summed E-state index contributed by atoms with van der Waals surface area (Å²) in [4.78, 5) is 15.7. The van der Waals surface area contributed by atoms with E-state index in [1.165, 1.54) is 18.5 Å². The number of aromatic nitrogens is 2. The predicted molar refractivity (Wildman–Crippen MR) is 62.7 cm³/mol. The number of nitrogens with zero attached hydrogens (tertiary/aromatic N) is 2. The molecule has 17 heavy (non-hydrogen) atoms. The van der Waals surface area contributed by atoms with E-state index in [1.54, 1.807) is 23.9 Å². The minimum Gasteiger partial charge on any atom is -0.340 e. The maximum atomic E-state index is 13.5. The number of Topliss-reactive ketones (excluding diaryl/α,β-unsaturated/α-hetero) is 1.